The number of fused-ring (bicyclic) bond motifs is 1. The quantitative estimate of drug-likeness (QED) is 0.320. The van der Waals surface area contributed by atoms with Crippen LogP contribution in [0.3, 0.4) is 0 Å². The molecule has 0 aliphatic carbocycles. The van der Waals surface area contributed by atoms with E-state index < -0.39 is 17.7 Å². The van der Waals surface area contributed by atoms with E-state index >= 15 is 0 Å². The van der Waals surface area contributed by atoms with Crippen molar-refractivity contribution in [3.8, 4) is 0 Å². The predicted octanol–water partition coefficient (Wildman–Crippen LogP) is 5.29. The number of aromatic nitrogens is 1. The Hall–Kier alpha value is -3.91. The Kier molecular flexibility index (Phi) is 6.51. The first kappa shape index (κ1) is 23.3. The van der Waals surface area contributed by atoms with Crippen molar-refractivity contribution in [2.75, 3.05) is 16.1 Å². The van der Waals surface area contributed by atoms with Crippen LogP contribution in [0, 0.1) is 20.8 Å². The minimum absolute atomic E-state index is 0.187. The van der Waals surface area contributed by atoms with Crippen molar-refractivity contribution in [2.24, 2.45) is 0 Å². The molecule has 0 radical (unpaired) electrons. The number of nitrogens with zero attached hydrogens (tertiary/aromatic N) is 1. The summed E-state index contributed by atoms with van der Waals surface area (Å²) >= 11 is 3.43. The summed E-state index contributed by atoms with van der Waals surface area (Å²) in [5.74, 6) is -2.15. The van der Waals surface area contributed by atoms with Crippen molar-refractivity contribution in [2.45, 2.75) is 20.8 Å². The predicted molar refractivity (Wildman–Crippen MR) is 138 cm³/mol. The van der Waals surface area contributed by atoms with Crippen molar-refractivity contribution < 1.29 is 14.4 Å². The lowest BCUT2D eigenvalue weighted by molar-refractivity contribution is -0.133. The van der Waals surface area contributed by atoms with E-state index in [1.54, 1.807) is 36.4 Å². The third-order valence-electron chi connectivity index (χ3n) is 5.41. The molecule has 0 aliphatic heterocycles. The molecular formula is C26H23BrN4O3. The minimum atomic E-state index is -0.900. The number of anilines is 2. The standard InChI is InChI=1S/C26H23BrN4O3/c1-15-6-4-9-20(12-15)28-25(33)26(34)30-31-21-11-10-19(27)13-18(21)14-22(31)24(32)29-23-16(2)7-5-8-17(23)3/h4-14H,1-3H3,(H,28,33)(H,29,32)(H,30,34). The minimum Gasteiger partial charge on any atom is -0.320 e. The fourth-order valence-corrected chi connectivity index (χ4v) is 4.10. The van der Waals surface area contributed by atoms with E-state index in [1.165, 1.54) is 4.68 Å². The van der Waals surface area contributed by atoms with E-state index in [4.69, 9.17) is 0 Å². The SMILES string of the molecule is Cc1cccc(NC(=O)C(=O)Nn2c(C(=O)Nc3c(C)cccc3C)cc3cc(Br)ccc32)c1. The van der Waals surface area contributed by atoms with Gasteiger partial charge < -0.3 is 10.6 Å². The molecule has 0 saturated carbocycles. The zero-order chi connectivity index (χ0) is 24.4. The van der Waals surface area contributed by atoms with Crippen molar-refractivity contribution in [1.29, 1.82) is 0 Å². The van der Waals surface area contributed by atoms with E-state index in [2.05, 4.69) is 32.0 Å². The lowest BCUT2D eigenvalue weighted by Crippen LogP contribution is -2.36. The molecule has 0 unspecified atom stereocenters. The third-order valence-corrected chi connectivity index (χ3v) is 5.90. The number of hydrogen-bond acceptors (Lipinski definition) is 3. The van der Waals surface area contributed by atoms with E-state index in [1.807, 2.05) is 51.1 Å². The van der Waals surface area contributed by atoms with Gasteiger partial charge in [-0.3, -0.25) is 19.8 Å². The molecule has 0 atom stereocenters. The molecule has 0 saturated heterocycles. The zero-order valence-electron chi connectivity index (χ0n) is 18.9. The largest absolute Gasteiger partial charge is 0.328 e. The summed E-state index contributed by atoms with van der Waals surface area (Å²) in [5.41, 5.74) is 7.33. The smallest absolute Gasteiger partial charge is 0.320 e. The van der Waals surface area contributed by atoms with Crippen molar-refractivity contribution in [1.82, 2.24) is 4.68 Å². The Morgan fingerprint density at radius 1 is 0.794 bits per heavy atom. The number of aryl methyl sites for hydroxylation is 3. The molecule has 0 fully saturated rings. The average molecular weight is 519 g/mol. The number of hydrogen-bond donors (Lipinski definition) is 3. The van der Waals surface area contributed by atoms with Gasteiger partial charge in [-0.15, -0.1) is 0 Å². The van der Waals surface area contributed by atoms with Crippen LogP contribution in [0.2, 0.25) is 0 Å². The summed E-state index contributed by atoms with van der Waals surface area (Å²) in [4.78, 5) is 38.6. The highest BCUT2D eigenvalue weighted by molar-refractivity contribution is 9.10. The van der Waals surface area contributed by atoms with Gasteiger partial charge in [0.05, 0.1) is 5.52 Å². The van der Waals surface area contributed by atoms with Gasteiger partial charge >= 0.3 is 11.8 Å². The van der Waals surface area contributed by atoms with Crippen LogP contribution >= 0.6 is 15.9 Å². The number of amides is 3. The zero-order valence-corrected chi connectivity index (χ0v) is 20.5. The summed E-state index contributed by atoms with van der Waals surface area (Å²) < 4.78 is 2.16. The average Bonchev–Trinajstić information content (AvgIpc) is 3.13. The number of halogens is 1. The Labute approximate surface area is 205 Å². The second-order valence-electron chi connectivity index (χ2n) is 8.05. The number of nitrogens with one attached hydrogen (secondary N) is 3. The van der Waals surface area contributed by atoms with Gasteiger partial charge in [0.1, 0.15) is 5.69 Å². The highest BCUT2D eigenvalue weighted by Gasteiger charge is 2.22. The van der Waals surface area contributed by atoms with E-state index in [0.29, 0.717) is 16.9 Å². The van der Waals surface area contributed by atoms with Crippen molar-refractivity contribution in [3.63, 3.8) is 0 Å². The fraction of sp³-hybridized carbons (Fsp3) is 0.115. The second-order valence-corrected chi connectivity index (χ2v) is 8.97. The molecule has 0 bridgehead atoms. The van der Waals surface area contributed by atoms with Gasteiger partial charge in [0, 0.05) is 21.2 Å². The van der Waals surface area contributed by atoms with Gasteiger partial charge in [0.25, 0.3) is 5.91 Å². The number of rotatable bonds is 4. The molecule has 3 N–H and O–H groups in total. The van der Waals surface area contributed by atoms with Crippen molar-refractivity contribution in [3.05, 3.63) is 93.6 Å². The number of benzene rings is 3. The highest BCUT2D eigenvalue weighted by Crippen LogP contribution is 2.25. The third kappa shape index (κ3) is 4.87. The van der Waals surface area contributed by atoms with E-state index in [0.717, 1.165) is 26.5 Å². The maximum atomic E-state index is 13.3. The van der Waals surface area contributed by atoms with Gasteiger partial charge in [0.15, 0.2) is 0 Å². The van der Waals surface area contributed by atoms with Gasteiger partial charge in [-0.25, -0.2) is 4.68 Å². The molecule has 0 aliphatic rings. The summed E-state index contributed by atoms with van der Waals surface area (Å²) in [6.45, 7) is 5.71. The molecule has 1 aromatic heterocycles. The Balaban J connectivity index is 1.66. The van der Waals surface area contributed by atoms with Crippen LogP contribution in [0.5, 0.6) is 0 Å². The first-order valence-corrected chi connectivity index (χ1v) is 11.4. The van der Waals surface area contributed by atoms with Crippen molar-refractivity contribution >= 4 is 55.9 Å². The van der Waals surface area contributed by atoms with Crippen LogP contribution in [0.25, 0.3) is 10.9 Å². The van der Waals surface area contributed by atoms with Crippen LogP contribution < -0.4 is 16.1 Å². The number of carbonyl (C=O) groups is 3. The van der Waals surface area contributed by atoms with Gasteiger partial charge in [-0.05, 0) is 73.9 Å². The highest BCUT2D eigenvalue weighted by atomic mass is 79.9. The molecule has 4 rings (SSSR count). The molecule has 0 spiro atoms. The maximum Gasteiger partial charge on any atom is 0.328 e. The van der Waals surface area contributed by atoms with Crippen LogP contribution in [0.4, 0.5) is 11.4 Å². The van der Waals surface area contributed by atoms with Gasteiger partial charge in [-0.1, -0.05) is 46.3 Å². The molecule has 3 amide bonds. The molecule has 7 nitrogen and oxygen atoms in total. The van der Waals surface area contributed by atoms with Crippen LogP contribution in [-0.2, 0) is 9.59 Å². The number of para-hydroxylation sites is 1. The number of carbonyl (C=O) groups excluding carboxylic acids is 3. The lowest BCUT2D eigenvalue weighted by atomic mass is 10.1. The normalized spacial score (nSPS) is 10.7. The van der Waals surface area contributed by atoms with Crippen LogP contribution in [0.15, 0.2) is 71.2 Å². The molecule has 8 heteroatoms. The molecule has 34 heavy (non-hydrogen) atoms. The summed E-state index contributed by atoms with van der Waals surface area (Å²) in [6, 6.07) is 19.9. The molecule has 4 aromatic rings. The van der Waals surface area contributed by atoms with Gasteiger partial charge in [-0.2, -0.15) is 0 Å². The summed E-state index contributed by atoms with van der Waals surface area (Å²) in [6.07, 6.45) is 0. The van der Waals surface area contributed by atoms with E-state index in [9.17, 15) is 14.4 Å². The molecular weight excluding hydrogens is 496 g/mol. The summed E-state index contributed by atoms with van der Waals surface area (Å²) in [7, 11) is 0. The maximum absolute atomic E-state index is 13.3. The fourth-order valence-electron chi connectivity index (χ4n) is 3.73. The summed E-state index contributed by atoms with van der Waals surface area (Å²) in [5, 5.41) is 6.24. The Morgan fingerprint density at radius 3 is 2.21 bits per heavy atom. The first-order chi connectivity index (χ1) is 16.2. The van der Waals surface area contributed by atoms with Crippen LogP contribution in [0.1, 0.15) is 27.2 Å². The second kappa shape index (κ2) is 9.52. The molecule has 3 aromatic carbocycles. The monoisotopic (exact) mass is 518 g/mol. The van der Waals surface area contributed by atoms with Gasteiger partial charge in [0.2, 0.25) is 0 Å². The topological polar surface area (TPSA) is 92.2 Å². The Bertz CT molecular complexity index is 1420. The lowest BCUT2D eigenvalue weighted by Gasteiger charge is -2.14. The molecule has 1 heterocycles. The van der Waals surface area contributed by atoms with Crippen LogP contribution in [-0.4, -0.2) is 22.4 Å². The first-order valence-electron chi connectivity index (χ1n) is 10.6. The molecule has 172 valence electrons. The Morgan fingerprint density at radius 2 is 1.50 bits per heavy atom. The van der Waals surface area contributed by atoms with E-state index in [-0.39, 0.29) is 5.69 Å².